The van der Waals surface area contributed by atoms with Gasteiger partial charge in [0, 0.05) is 19.0 Å². The van der Waals surface area contributed by atoms with E-state index in [1.54, 1.807) is 13.1 Å². The number of methoxy groups -OCH3 is 1. The average Bonchev–Trinajstić information content (AvgIpc) is 3.00. The van der Waals surface area contributed by atoms with Crippen LogP contribution < -0.4 is 0 Å². The van der Waals surface area contributed by atoms with Gasteiger partial charge in [-0.15, -0.1) is 5.10 Å². The zero-order valence-electron chi connectivity index (χ0n) is 13.8. The van der Waals surface area contributed by atoms with Crippen LogP contribution in [0.1, 0.15) is 37.6 Å². The number of rotatable bonds is 7. The van der Waals surface area contributed by atoms with Crippen molar-refractivity contribution in [3.63, 3.8) is 0 Å². The number of esters is 1. The minimum absolute atomic E-state index is 0.368. The number of carbonyl (C=O) groups is 1. The summed E-state index contributed by atoms with van der Waals surface area (Å²) in [7, 11) is 1.36. The molecule has 0 saturated carbocycles. The second kappa shape index (κ2) is 7.37. The van der Waals surface area contributed by atoms with Crippen LogP contribution in [0.3, 0.4) is 0 Å². The van der Waals surface area contributed by atoms with Crippen LogP contribution in [0.25, 0.3) is 0 Å². The normalized spacial score (nSPS) is 15.0. The van der Waals surface area contributed by atoms with Crippen molar-refractivity contribution in [3.05, 3.63) is 47.8 Å². The van der Waals surface area contributed by atoms with Crippen LogP contribution in [0.4, 0.5) is 0 Å². The van der Waals surface area contributed by atoms with Crippen molar-refractivity contribution < 1.29 is 14.6 Å². The lowest BCUT2D eigenvalue weighted by atomic mass is 9.98. The summed E-state index contributed by atoms with van der Waals surface area (Å²) in [6, 6.07) is 9.11. The van der Waals surface area contributed by atoms with Gasteiger partial charge in [-0.25, -0.2) is 9.48 Å². The molecule has 124 valence electrons. The maximum Gasteiger partial charge on any atom is 0.331 e. The molecule has 0 aliphatic heterocycles. The van der Waals surface area contributed by atoms with Gasteiger partial charge < -0.3 is 9.84 Å². The molecule has 0 unspecified atom stereocenters. The maximum atomic E-state index is 12.1. The molecule has 0 fully saturated rings. The van der Waals surface area contributed by atoms with Crippen LogP contribution in [0.5, 0.6) is 0 Å². The SMILES string of the molecule is CC[C@@](C)(O)Cc1cn([C@H](Cc2ccccc2)C(=O)OC)nn1. The van der Waals surface area contributed by atoms with Gasteiger partial charge in [-0.2, -0.15) is 0 Å². The second-order valence-corrected chi connectivity index (χ2v) is 5.95. The molecule has 1 aromatic carbocycles. The minimum atomic E-state index is -0.832. The quantitative estimate of drug-likeness (QED) is 0.790. The van der Waals surface area contributed by atoms with E-state index in [0.29, 0.717) is 25.0 Å². The zero-order chi connectivity index (χ0) is 16.9. The number of nitrogens with zero attached hydrogens (tertiary/aromatic N) is 3. The molecule has 1 N–H and O–H groups in total. The van der Waals surface area contributed by atoms with Gasteiger partial charge in [0.1, 0.15) is 0 Å². The van der Waals surface area contributed by atoms with Gasteiger partial charge in [0.05, 0.1) is 18.4 Å². The van der Waals surface area contributed by atoms with Gasteiger partial charge in [0.2, 0.25) is 0 Å². The van der Waals surface area contributed by atoms with Gasteiger partial charge in [-0.05, 0) is 18.9 Å². The van der Waals surface area contributed by atoms with Crippen LogP contribution in [0.2, 0.25) is 0 Å². The van der Waals surface area contributed by atoms with Crippen molar-refractivity contribution in [1.82, 2.24) is 15.0 Å². The summed E-state index contributed by atoms with van der Waals surface area (Å²) >= 11 is 0. The molecule has 23 heavy (non-hydrogen) atoms. The Bertz CT molecular complexity index is 638. The summed E-state index contributed by atoms with van der Waals surface area (Å²) in [6.45, 7) is 3.67. The molecule has 2 atom stereocenters. The Morgan fingerprint density at radius 2 is 2.09 bits per heavy atom. The van der Waals surface area contributed by atoms with E-state index in [0.717, 1.165) is 5.56 Å². The van der Waals surface area contributed by atoms with Crippen molar-refractivity contribution in [2.45, 2.75) is 44.8 Å². The third-order valence-electron chi connectivity index (χ3n) is 3.95. The fourth-order valence-corrected chi connectivity index (χ4v) is 2.32. The number of hydrogen-bond acceptors (Lipinski definition) is 5. The molecule has 0 radical (unpaired) electrons. The molecule has 6 heteroatoms. The third-order valence-corrected chi connectivity index (χ3v) is 3.95. The molecule has 0 amide bonds. The molecule has 6 nitrogen and oxygen atoms in total. The number of carbonyl (C=O) groups excluding carboxylic acids is 1. The van der Waals surface area contributed by atoms with E-state index in [9.17, 15) is 9.90 Å². The first-order chi connectivity index (χ1) is 10.9. The molecular formula is C17H23N3O3. The van der Waals surface area contributed by atoms with E-state index in [1.807, 2.05) is 37.3 Å². The Morgan fingerprint density at radius 3 is 2.70 bits per heavy atom. The summed E-state index contributed by atoms with van der Waals surface area (Å²) < 4.78 is 6.41. The number of aliphatic hydroxyl groups is 1. The Balaban J connectivity index is 2.20. The number of aromatic nitrogens is 3. The Hall–Kier alpha value is -2.21. The van der Waals surface area contributed by atoms with E-state index in [2.05, 4.69) is 10.3 Å². The van der Waals surface area contributed by atoms with Crippen LogP contribution in [0.15, 0.2) is 36.5 Å². The highest BCUT2D eigenvalue weighted by atomic mass is 16.5. The Kier molecular flexibility index (Phi) is 5.50. The van der Waals surface area contributed by atoms with Gasteiger partial charge in [0.15, 0.2) is 6.04 Å². The molecule has 0 aliphatic rings. The summed E-state index contributed by atoms with van der Waals surface area (Å²) in [6.07, 6.45) is 3.18. The van der Waals surface area contributed by atoms with E-state index in [4.69, 9.17) is 4.74 Å². The number of ether oxygens (including phenoxy) is 1. The molecule has 2 aromatic rings. The highest BCUT2D eigenvalue weighted by Crippen LogP contribution is 2.18. The van der Waals surface area contributed by atoms with Gasteiger partial charge in [0.25, 0.3) is 0 Å². The summed E-state index contributed by atoms with van der Waals surface area (Å²) in [4.78, 5) is 12.1. The fraction of sp³-hybridized carbons (Fsp3) is 0.471. The highest BCUT2D eigenvalue weighted by molar-refractivity contribution is 5.74. The van der Waals surface area contributed by atoms with Crippen LogP contribution in [-0.4, -0.2) is 38.8 Å². The van der Waals surface area contributed by atoms with E-state index in [-0.39, 0.29) is 5.97 Å². The lowest BCUT2D eigenvalue weighted by Gasteiger charge is -2.19. The zero-order valence-corrected chi connectivity index (χ0v) is 13.8. The average molecular weight is 317 g/mol. The molecule has 0 bridgehead atoms. The van der Waals surface area contributed by atoms with E-state index >= 15 is 0 Å². The number of hydrogen-bond donors (Lipinski definition) is 1. The standard InChI is InChI=1S/C17H23N3O3/c1-4-17(2,22)11-14-12-20(19-18-14)15(16(21)23-3)10-13-8-6-5-7-9-13/h5-9,12,15,22H,4,10-11H2,1-3H3/t15-,17-/m1/s1. The van der Waals surface area contributed by atoms with Crippen molar-refractivity contribution in [2.75, 3.05) is 7.11 Å². The Morgan fingerprint density at radius 1 is 1.39 bits per heavy atom. The lowest BCUT2D eigenvalue weighted by molar-refractivity contribution is -0.144. The van der Waals surface area contributed by atoms with Crippen molar-refractivity contribution in [3.8, 4) is 0 Å². The lowest BCUT2D eigenvalue weighted by Crippen LogP contribution is -2.26. The first kappa shape index (κ1) is 17.1. The smallest absolute Gasteiger partial charge is 0.331 e. The predicted molar refractivity (Wildman–Crippen MR) is 85.8 cm³/mol. The molecule has 0 saturated heterocycles. The predicted octanol–water partition coefficient (Wildman–Crippen LogP) is 1.94. The molecule has 0 spiro atoms. The molecule has 0 aliphatic carbocycles. The Labute approximate surface area is 136 Å². The van der Waals surface area contributed by atoms with Crippen molar-refractivity contribution in [2.24, 2.45) is 0 Å². The summed E-state index contributed by atoms with van der Waals surface area (Å²) in [5.74, 6) is -0.368. The minimum Gasteiger partial charge on any atom is -0.467 e. The third kappa shape index (κ3) is 4.63. The number of benzene rings is 1. The first-order valence-corrected chi connectivity index (χ1v) is 7.70. The summed E-state index contributed by atoms with van der Waals surface area (Å²) in [5.41, 5.74) is 0.834. The maximum absolute atomic E-state index is 12.1. The van der Waals surface area contributed by atoms with Crippen LogP contribution >= 0.6 is 0 Å². The van der Waals surface area contributed by atoms with Gasteiger partial charge in [-0.1, -0.05) is 42.5 Å². The second-order valence-electron chi connectivity index (χ2n) is 5.95. The highest BCUT2D eigenvalue weighted by Gasteiger charge is 2.25. The molecular weight excluding hydrogens is 294 g/mol. The molecule has 1 heterocycles. The van der Waals surface area contributed by atoms with Crippen LogP contribution in [-0.2, 0) is 22.4 Å². The van der Waals surface area contributed by atoms with E-state index in [1.165, 1.54) is 11.8 Å². The van der Waals surface area contributed by atoms with Crippen LogP contribution in [0, 0.1) is 0 Å². The van der Waals surface area contributed by atoms with E-state index < -0.39 is 11.6 Å². The molecule has 2 rings (SSSR count). The molecule has 1 aromatic heterocycles. The van der Waals surface area contributed by atoms with Crippen molar-refractivity contribution in [1.29, 1.82) is 0 Å². The monoisotopic (exact) mass is 317 g/mol. The summed E-state index contributed by atoms with van der Waals surface area (Å²) in [5, 5.41) is 18.3. The first-order valence-electron chi connectivity index (χ1n) is 7.70. The fourth-order valence-electron chi connectivity index (χ4n) is 2.32. The topological polar surface area (TPSA) is 77.2 Å². The van der Waals surface area contributed by atoms with Crippen molar-refractivity contribution >= 4 is 5.97 Å². The largest absolute Gasteiger partial charge is 0.467 e. The van der Waals surface area contributed by atoms with Gasteiger partial charge in [-0.3, -0.25) is 0 Å². The van der Waals surface area contributed by atoms with Gasteiger partial charge >= 0.3 is 5.97 Å².